The summed E-state index contributed by atoms with van der Waals surface area (Å²) in [5.74, 6) is 0. The van der Waals surface area contributed by atoms with Gasteiger partial charge in [-0.05, 0) is 5.56 Å². The van der Waals surface area contributed by atoms with Gasteiger partial charge in [-0.25, -0.2) is 0 Å². The summed E-state index contributed by atoms with van der Waals surface area (Å²) in [6.07, 6.45) is 0.555. The van der Waals surface area contributed by atoms with E-state index >= 15 is 9.13 Å². The molecule has 5 aromatic carbocycles. The van der Waals surface area contributed by atoms with Crippen molar-refractivity contribution in [3.63, 3.8) is 0 Å². The van der Waals surface area contributed by atoms with Crippen molar-refractivity contribution in [3.05, 3.63) is 157 Å². The van der Waals surface area contributed by atoms with Crippen LogP contribution in [0.25, 0.3) is 0 Å². The van der Waals surface area contributed by atoms with E-state index < -0.39 is 14.3 Å². The summed E-state index contributed by atoms with van der Waals surface area (Å²) >= 11 is 0. The van der Waals surface area contributed by atoms with Gasteiger partial charge < -0.3 is 9.13 Å². The molecule has 0 radical (unpaired) electrons. The molecule has 0 fully saturated rings. The summed E-state index contributed by atoms with van der Waals surface area (Å²) in [5.41, 5.74) is 1.09. The maximum Gasteiger partial charge on any atom is 0.156 e. The van der Waals surface area contributed by atoms with Crippen LogP contribution < -0.4 is 21.2 Å². The van der Waals surface area contributed by atoms with E-state index in [1.807, 2.05) is 140 Å². The molecule has 0 aliphatic carbocycles. The molecule has 0 spiro atoms. The molecule has 38 heavy (non-hydrogen) atoms. The SMILES string of the molecule is O=P(CN(Cc1ccccc1)CP(=O)(c1ccccc1)c1ccccc1)(c1ccccc1)c1ccccc1. The second-order valence-electron chi connectivity index (χ2n) is 9.42. The van der Waals surface area contributed by atoms with Crippen LogP contribution in [0.5, 0.6) is 0 Å². The molecular weight excluding hydrogens is 504 g/mol. The summed E-state index contributed by atoms with van der Waals surface area (Å²) in [6.45, 7) is 0.536. The van der Waals surface area contributed by atoms with Crippen LogP contribution in [-0.4, -0.2) is 17.5 Å². The van der Waals surface area contributed by atoms with Gasteiger partial charge in [0.25, 0.3) is 0 Å². The van der Waals surface area contributed by atoms with Crippen LogP contribution in [-0.2, 0) is 15.7 Å². The fourth-order valence-electron chi connectivity index (χ4n) is 4.85. The van der Waals surface area contributed by atoms with Gasteiger partial charge in [-0.15, -0.1) is 0 Å². The van der Waals surface area contributed by atoms with Crippen LogP contribution in [0.2, 0.25) is 0 Å². The number of rotatable bonds is 10. The third-order valence-electron chi connectivity index (χ3n) is 6.74. The lowest BCUT2D eigenvalue weighted by molar-refractivity contribution is 0.353. The van der Waals surface area contributed by atoms with Crippen molar-refractivity contribution in [2.45, 2.75) is 6.54 Å². The Hall–Kier alpha value is -3.48. The van der Waals surface area contributed by atoms with Gasteiger partial charge in [0.2, 0.25) is 0 Å². The first kappa shape index (κ1) is 26.1. The van der Waals surface area contributed by atoms with Gasteiger partial charge in [0.1, 0.15) is 0 Å². The van der Waals surface area contributed by atoms with Gasteiger partial charge in [0.05, 0.1) is 12.6 Å². The molecule has 0 N–H and O–H groups in total. The molecule has 0 saturated heterocycles. The molecule has 0 amide bonds. The average molecular weight is 536 g/mol. The topological polar surface area (TPSA) is 37.4 Å². The number of nitrogens with zero attached hydrogens (tertiary/aromatic N) is 1. The lowest BCUT2D eigenvalue weighted by Gasteiger charge is -2.32. The third kappa shape index (κ3) is 5.82. The van der Waals surface area contributed by atoms with Crippen LogP contribution in [0.1, 0.15) is 5.56 Å². The summed E-state index contributed by atoms with van der Waals surface area (Å²) in [7, 11) is -6.16. The molecule has 5 heteroatoms. The lowest BCUT2D eigenvalue weighted by Crippen LogP contribution is -2.34. The maximum atomic E-state index is 15.0. The summed E-state index contributed by atoms with van der Waals surface area (Å²) in [5, 5.41) is 3.22. The predicted octanol–water partition coefficient (Wildman–Crippen LogP) is 6.43. The maximum absolute atomic E-state index is 15.0. The highest BCUT2D eigenvalue weighted by Crippen LogP contribution is 2.49. The molecule has 0 aliphatic rings. The van der Waals surface area contributed by atoms with Crippen LogP contribution in [0.3, 0.4) is 0 Å². The lowest BCUT2D eigenvalue weighted by atomic mass is 10.2. The molecule has 3 nitrogen and oxygen atoms in total. The van der Waals surface area contributed by atoms with E-state index in [9.17, 15) is 0 Å². The normalized spacial score (nSPS) is 11.9. The number of benzene rings is 5. The molecule has 0 aliphatic heterocycles. The Balaban J connectivity index is 1.62. The first-order chi connectivity index (χ1) is 18.6. The third-order valence-corrected chi connectivity index (χ3v) is 12.9. The van der Waals surface area contributed by atoms with Crippen molar-refractivity contribution in [1.29, 1.82) is 0 Å². The molecule has 190 valence electrons. The van der Waals surface area contributed by atoms with Crippen LogP contribution in [0, 0.1) is 0 Å². The highest BCUT2D eigenvalue weighted by atomic mass is 31.2. The molecular formula is C33H31NO2P2. The van der Waals surface area contributed by atoms with Crippen LogP contribution in [0.4, 0.5) is 0 Å². The van der Waals surface area contributed by atoms with Gasteiger partial charge in [-0.2, -0.15) is 0 Å². The molecule has 0 unspecified atom stereocenters. The van der Waals surface area contributed by atoms with E-state index in [4.69, 9.17) is 0 Å². The van der Waals surface area contributed by atoms with Crippen molar-refractivity contribution in [2.75, 3.05) is 12.6 Å². The minimum absolute atomic E-state index is 0.277. The summed E-state index contributed by atoms with van der Waals surface area (Å²) < 4.78 is 30.1. The smallest absolute Gasteiger partial charge is 0.156 e. The van der Waals surface area contributed by atoms with E-state index in [1.165, 1.54) is 0 Å². The Morgan fingerprint density at radius 1 is 0.395 bits per heavy atom. The molecule has 5 aromatic rings. The largest absolute Gasteiger partial charge is 0.312 e. The second-order valence-corrected chi connectivity index (χ2v) is 15.0. The first-order valence-electron chi connectivity index (χ1n) is 12.7. The van der Waals surface area contributed by atoms with Crippen molar-refractivity contribution in [3.8, 4) is 0 Å². The first-order valence-corrected chi connectivity index (χ1v) is 16.5. The van der Waals surface area contributed by atoms with E-state index in [0.29, 0.717) is 6.54 Å². The Kier molecular flexibility index (Phi) is 8.20. The van der Waals surface area contributed by atoms with Gasteiger partial charge >= 0.3 is 0 Å². The zero-order valence-corrected chi connectivity index (χ0v) is 23.0. The molecule has 0 bridgehead atoms. The van der Waals surface area contributed by atoms with Gasteiger partial charge in [-0.1, -0.05) is 152 Å². The highest BCUT2D eigenvalue weighted by Gasteiger charge is 2.35. The van der Waals surface area contributed by atoms with Crippen molar-refractivity contribution < 1.29 is 9.13 Å². The Morgan fingerprint density at radius 3 is 0.947 bits per heavy atom. The zero-order chi connectivity index (χ0) is 26.3. The van der Waals surface area contributed by atoms with Gasteiger partial charge in [-0.3, -0.25) is 4.90 Å². The molecule has 5 rings (SSSR count). The monoisotopic (exact) mass is 535 g/mol. The standard InChI is InChI=1S/C33H31NO2P2/c35-37(30-18-8-2-9-19-30,31-20-10-3-11-21-31)27-34(26-29-16-6-1-7-17-29)28-38(36,32-22-12-4-13-23-32)33-24-14-5-15-25-33/h1-25H,26-28H2. The quantitative estimate of drug-likeness (QED) is 0.193. The van der Waals surface area contributed by atoms with Gasteiger partial charge in [0, 0.05) is 27.8 Å². The Bertz CT molecular complexity index is 1340. The van der Waals surface area contributed by atoms with Crippen molar-refractivity contribution in [1.82, 2.24) is 4.90 Å². The van der Waals surface area contributed by atoms with Crippen molar-refractivity contribution >= 4 is 35.5 Å². The molecule has 0 atom stereocenters. The fourth-order valence-corrected chi connectivity index (χ4v) is 10.4. The minimum Gasteiger partial charge on any atom is -0.312 e. The molecule has 0 heterocycles. The van der Waals surface area contributed by atoms with E-state index in [0.717, 1.165) is 26.8 Å². The number of hydrogen-bond acceptors (Lipinski definition) is 3. The van der Waals surface area contributed by atoms with E-state index in [2.05, 4.69) is 17.0 Å². The van der Waals surface area contributed by atoms with E-state index in [1.54, 1.807) is 0 Å². The fraction of sp³-hybridized carbons (Fsp3) is 0.0909. The Labute approximate surface area is 225 Å². The van der Waals surface area contributed by atoms with Crippen LogP contribution >= 0.6 is 14.3 Å². The predicted molar refractivity (Wildman–Crippen MR) is 161 cm³/mol. The number of hydrogen-bond donors (Lipinski definition) is 0. The summed E-state index contributed by atoms with van der Waals surface area (Å²) in [6, 6.07) is 49.0. The zero-order valence-electron chi connectivity index (χ0n) is 21.2. The Morgan fingerprint density at radius 2 is 0.658 bits per heavy atom. The average Bonchev–Trinajstić information content (AvgIpc) is 2.99. The van der Waals surface area contributed by atoms with E-state index in [-0.39, 0.29) is 12.6 Å². The van der Waals surface area contributed by atoms with Crippen molar-refractivity contribution in [2.24, 2.45) is 0 Å². The van der Waals surface area contributed by atoms with Crippen LogP contribution in [0.15, 0.2) is 152 Å². The van der Waals surface area contributed by atoms with Gasteiger partial charge in [0.15, 0.2) is 14.3 Å². The highest BCUT2D eigenvalue weighted by molar-refractivity contribution is 7.79. The summed E-state index contributed by atoms with van der Waals surface area (Å²) in [4.78, 5) is 2.14. The molecule has 0 saturated carbocycles. The second kappa shape index (κ2) is 11.9. The molecule has 0 aromatic heterocycles. The minimum atomic E-state index is -3.08.